The molecule has 0 aliphatic carbocycles. The number of ether oxygens (including phenoxy) is 1. The van der Waals surface area contributed by atoms with Gasteiger partial charge >= 0.3 is 0 Å². The number of nitrogens with zero attached hydrogens (tertiary/aromatic N) is 1. The maximum atomic E-state index is 12.4. The molecule has 2 aromatic rings. The van der Waals surface area contributed by atoms with Crippen molar-refractivity contribution in [3.8, 4) is 0 Å². The Balaban J connectivity index is 1.49. The van der Waals surface area contributed by atoms with Crippen LogP contribution in [0.15, 0.2) is 53.1 Å². The number of nitrogens with one attached hydrogen (secondary N) is 1. The molecule has 0 spiro atoms. The van der Waals surface area contributed by atoms with E-state index in [1.54, 1.807) is 6.26 Å². The van der Waals surface area contributed by atoms with Gasteiger partial charge < -0.3 is 14.5 Å². The summed E-state index contributed by atoms with van der Waals surface area (Å²) in [5.74, 6) is 0.824. The van der Waals surface area contributed by atoms with Gasteiger partial charge in [0.05, 0.1) is 12.9 Å². The number of hydrogen-bond donors (Lipinski definition) is 1. The standard InChI is InChI=1S/C19H24N2O3/c1-15(12-17-8-5-10-23-17)20-19(22)18-14-21(9-11-24-18)13-16-6-3-2-4-7-16/h2-8,10,15,18H,9,11-14H2,1H3,(H,20,22)/t15-,18-/m0/s1. The van der Waals surface area contributed by atoms with Crippen molar-refractivity contribution in [2.75, 3.05) is 19.7 Å². The Bertz CT molecular complexity index is 627. The Morgan fingerprint density at radius 2 is 2.12 bits per heavy atom. The van der Waals surface area contributed by atoms with Gasteiger partial charge in [-0.2, -0.15) is 0 Å². The molecule has 5 nitrogen and oxygen atoms in total. The molecule has 3 rings (SSSR count). The van der Waals surface area contributed by atoms with Crippen molar-refractivity contribution in [1.29, 1.82) is 0 Å². The maximum absolute atomic E-state index is 12.4. The largest absolute Gasteiger partial charge is 0.469 e. The second-order valence-corrected chi connectivity index (χ2v) is 6.27. The van der Waals surface area contributed by atoms with Crippen LogP contribution in [-0.4, -0.2) is 42.6 Å². The zero-order valence-electron chi connectivity index (χ0n) is 14.0. The average Bonchev–Trinajstić information content (AvgIpc) is 3.09. The first-order chi connectivity index (χ1) is 11.7. The highest BCUT2D eigenvalue weighted by molar-refractivity contribution is 5.81. The highest BCUT2D eigenvalue weighted by Crippen LogP contribution is 2.11. The lowest BCUT2D eigenvalue weighted by molar-refractivity contribution is -0.139. The van der Waals surface area contributed by atoms with Crippen LogP contribution in [0.4, 0.5) is 0 Å². The Labute approximate surface area is 142 Å². The van der Waals surface area contributed by atoms with Gasteiger partial charge in [-0.3, -0.25) is 9.69 Å². The van der Waals surface area contributed by atoms with Crippen LogP contribution in [0.2, 0.25) is 0 Å². The van der Waals surface area contributed by atoms with E-state index in [4.69, 9.17) is 9.15 Å². The van der Waals surface area contributed by atoms with Crippen molar-refractivity contribution in [1.82, 2.24) is 10.2 Å². The van der Waals surface area contributed by atoms with Gasteiger partial charge in [-0.05, 0) is 24.6 Å². The van der Waals surface area contributed by atoms with E-state index in [-0.39, 0.29) is 11.9 Å². The van der Waals surface area contributed by atoms with Gasteiger partial charge in [-0.15, -0.1) is 0 Å². The van der Waals surface area contributed by atoms with E-state index in [1.807, 2.05) is 37.3 Å². The Morgan fingerprint density at radius 1 is 1.29 bits per heavy atom. The Kier molecular flexibility index (Phi) is 5.67. The highest BCUT2D eigenvalue weighted by Gasteiger charge is 2.27. The Hall–Kier alpha value is -2.11. The lowest BCUT2D eigenvalue weighted by atomic mass is 10.1. The highest BCUT2D eigenvalue weighted by atomic mass is 16.5. The predicted octanol–water partition coefficient (Wildman–Crippen LogP) is 2.23. The van der Waals surface area contributed by atoms with E-state index in [1.165, 1.54) is 5.56 Å². The summed E-state index contributed by atoms with van der Waals surface area (Å²) >= 11 is 0. The minimum atomic E-state index is -0.415. The van der Waals surface area contributed by atoms with Gasteiger partial charge in [0.2, 0.25) is 0 Å². The van der Waals surface area contributed by atoms with E-state index in [2.05, 4.69) is 22.3 Å². The van der Waals surface area contributed by atoms with Gasteiger partial charge in [0.25, 0.3) is 5.91 Å². The molecule has 24 heavy (non-hydrogen) atoms. The predicted molar refractivity (Wildman–Crippen MR) is 91.5 cm³/mol. The molecule has 0 radical (unpaired) electrons. The lowest BCUT2D eigenvalue weighted by Crippen LogP contribution is -2.51. The summed E-state index contributed by atoms with van der Waals surface area (Å²) in [5, 5.41) is 3.02. The topological polar surface area (TPSA) is 54.7 Å². The number of amides is 1. The molecule has 1 aliphatic heterocycles. The summed E-state index contributed by atoms with van der Waals surface area (Å²) in [5.41, 5.74) is 1.25. The first kappa shape index (κ1) is 16.7. The zero-order chi connectivity index (χ0) is 16.8. The minimum absolute atomic E-state index is 0.0109. The molecule has 1 fully saturated rings. The third-order valence-corrected chi connectivity index (χ3v) is 4.17. The Morgan fingerprint density at radius 3 is 2.88 bits per heavy atom. The van der Waals surface area contributed by atoms with Crippen molar-refractivity contribution in [3.63, 3.8) is 0 Å². The molecule has 1 saturated heterocycles. The van der Waals surface area contributed by atoms with Gasteiger partial charge in [0, 0.05) is 32.1 Å². The van der Waals surface area contributed by atoms with Crippen LogP contribution < -0.4 is 5.32 Å². The van der Waals surface area contributed by atoms with Gasteiger partial charge in [0.1, 0.15) is 11.9 Å². The molecule has 0 saturated carbocycles. The van der Waals surface area contributed by atoms with Crippen molar-refractivity contribution >= 4 is 5.91 Å². The van der Waals surface area contributed by atoms with Crippen molar-refractivity contribution < 1.29 is 13.9 Å². The lowest BCUT2D eigenvalue weighted by Gasteiger charge is -2.32. The summed E-state index contributed by atoms with van der Waals surface area (Å²) in [6, 6.07) is 14.1. The fourth-order valence-corrected chi connectivity index (χ4v) is 2.96. The quantitative estimate of drug-likeness (QED) is 0.883. The number of furan rings is 1. The molecule has 2 heterocycles. The van der Waals surface area contributed by atoms with Crippen LogP contribution in [0, 0.1) is 0 Å². The molecule has 5 heteroatoms. The van der Waals surface area contributed by atoms with E-state index >= 15 is 0 Å². The fraction of sp³-hybridized carbons (Fsp3) is 0.421. The smallest absolute Gasteiger partial charge is 0.250 e. The summed E-state index contributed by atoms with van der Waals surface area (Å²) in [7, 11) is 0. The summed E-state index contributed by atoms with van der Waals surface area (Å²) < 4.78 is 11.0. The molecule has 1 aromatic heterocycles. The molecule has 1 aromatic carbocycles. The SMILES string of the molecule is C[C@@H](Cc1ccco1)NC(=O)[C@@H]1CN(Cc2ccccc2)CCO1. The molecule has 1 aliphatic rings. The number of hydrogen-bond acceptors (Lipinski definition) is 4. The van der Waals surface area contributed by atoms with Crippen LogP contribution in [-0.2, 0) is 22.5 Å². The van der Waals surface area contributed by atoms with E-state index in [0.717, 1.165) is 18.8 Å². The summed E-state index contributed by atoms with van der Waals surface area (Å²) in [6.45, 7) is 4.87. The molecule has 1 N–H and O–H groups in total. The van der Waals surface area contributed by atoms with Gasteiger partial charge in [0.15, 0.2) is 0 Å². The molecule has 2 atom stereocenters. The summed E-state index contributed by atoms with van der Waals surface area (Å²) in [6.07, 6.45) is 1.91. The number of carbonyl (C=O) groups is 1. The minimum Gasteiger partial charge on any atom is -0.469 e. The second kappa shape index (κ2) is 8.13. The van der Waals surface area contributed by atoms with Crippen LogP contribution >= 0.6 is 0 Å². The van der Waals surface area contributed by atoms with Gasteiger partial charge in [-0.1, -0.05) is 30.3 Å². The molecular weight excluding hydrogens is 304 g/mol. The monoisotopic (exact) mass is 328 g/mol. The summed E-state index contributed by atoms with van der Waals surface area (Å²) in [4.78, 5) is 14.7. The molecule has 128 valence electrons. The first-order valence-electron chi connectivity index (χ1n) is 8.41. The first-order valence-corrected chi connectivity index (χ1v) is 8.41. The van der Waals surface area contributed by atoms with Crippen LogP contribution in [0.3, 0.4) is 0 Å². The third-order valence-electron chi connectivity index (χ3n) is 4.17. The van der Waals surface area contributed by atoms with E-state index in [9.17, 15) is 4.79 Å². The normalized spacial score (nSPS) is 19.8. The molecule has 0 unspecified atom stereocenters. The second-order valence-electron chi connectivity index (χ2n) is 6.27. The van der Waals surface area contributed by atoms with E-state index in [0.29, 0.717) is 19.6 Å². The fourth-order valence-electron chi connectivity index (χ4n) is 2.96. The number of carbonyl (C=O) groups excluding carboxylic acids is 1. The number of morpholine rings is 1. The number of rotatable bonds is 6. The zero-order valence-corrected chi connectivity index (χ0v) is 14.0. The molecule has 0 bridgehead atoms. The van der Waals surface area contributed by atoms with Crippen LogP contribution in [0.25, 0.3) is 0 Å². The van der Waals surface area contributed by atoms with Crippen LogP contribution in [0.5, 0.6) is 0 Å². The van der Waals surface area contributed by atoms with Gasteiger partial charge in [-0.25, -0.2) is 0 Å². The van der Waals surface area contributed by atoms with Crippen molar-refractivity contribution in [2.45, 2.75) is 32.0 Å². The van der Waals surface area contributed by atoms with Crippen molar-refractivity contribution in [2.24, 2.45) is 0 Å². The average molecular weight is 328 g/mol. The molecular formula is C19H24N2O3. The molecule has 1 amide bonds. The third kappa shape index (κ3) is 4.69. The van der Waals surface area contributed by atoms with E-state index < -0.39 is 6.10 Å². The maximum Gasteiger partial charge on any atom is 0.250 e. The van der Waals surface area contributed by atoms with Crippen molar-refractivity contribution in [3.05, 3.63) is 60.1 Å². The number of benzene rings is 1. The van der Waals surface area contributed by atoms with Crippen LogP contribution in [0.1, 0.15) is 18.2 Å².